The first-order valence-electron chi connectivity index (χ1n) is 10.4. The lowest BCUT2D eigenvalue weighted by Gasteiger charge is -2.05. The van der Waals surface area contributed by atoms with Crippen LogP contribution < -0.4 is 0 Å². The fraction of sp³-hybridized carbons (Fsp3) is 0.696. The summed E-state index contributed by atoms with van der Waals surface area (Å²) in [7, 11) is 2.16. The van der Waals surface area contributed by atoms with E-state index in [9.17, 15) is 0 Å². The van der Waals surface area contributed by atoms with E-state index >= 15 is 0 Å². The summed E-state index contributed by atoms with van der Waals surface area (Å²) in [5, 5.41) is 1.01. The zero-order valence-corrected chi connectivity index (χ0v) is 18.4. The third-order valence-electron chi connectivity index (χ3n) is 5.18. The van der Waals surface area contributed by atoms with Crippen LogP contribution in [0.3, 0.4) is 0 Å². The molecule has 1 aromatic carbocycles. The summed E-state index contributed by atoms with van der Waals surface area (Å²) >= 11 is 3.51. The molecule has 1 aromatic rings. The van der Waals surface area contributed by atoms with Crippen molar-refractivity contribution in [1.82, 2.24) is 0 Å². The summed E-state index contributed by atoms with van der Waals surface area (Å²) in [5.41, 5.74) is 4.18. The summed E-state index contributed by atoms with van der Waals surface area (Å²) in [4.78, 5) is 0. The molecular formula is C23H39BrN+. The monoisotopic (exact) mass is 408 g/mol. The van der Waals surface area contributed by atoms with E-state index in [0.29, 0.717) is 0 Å². The summed E-state index contributed by atoms with van der Waals surface area (Å²) in [6.45, 7) is 5.54. The molecular weight excluding hydrogens is 370 g/mol. The first-order chi connectivity index (χ1) is 12.2. The van der Waals surface area contributed by atoms with Gasteiger partial charge in [-0.3, -0.25) is 0 Å². The Morgan fingerprint density at radius 3 is 1.88 bits per heavy atom. The predicted octanol–water partition coefficient (Wildman–Crippen LogP) is 7.00. The van der Waals surface area contributed by atoms with Crippen LogP contribution in [0, 0.1) is 0 Å². The van der Waals surface area contributed by atoms with Crippen LogP contribution in [0.15, 0.2) is 24.3 Å². The third kappa shape index (κ3) is 10.2. The molecule has 1 rings (SSSR count). The summed E-state index contributed by atoms with van der Waals surface area (Å²) in [6, 6.07) is 9.19. The van der Waals surface area contributed by atoms with Gasteiger partial charge < -0.3 is 0 Å². The minimum Gasteiger partial charge on any atom is -0.235 e. The van der Waals surface area contributed by atoms with E-state index in [1.54, 1.807) is 0 Å². The maximum atomic E-state index is 3.51. The number of hydrogen-bond donors (Lipinski definition) is 0. The van der Waals surface area contributed by atoms with Gasteiger partial charge in [-0.15, -0.1) is 0 Å². The molecule has 0 N–H and O–H groups in total. The summed E-state index contributed by atoms with van der Waals surface area (Å²) in [5.74, 6) is 0. The quantitative estimate of drug-likeness (QED) is 0.135. The summed E-state index contributed by atoms with van der Waals surface area (Å²) in [6.07, 6.45) is 15.3. The molecule has 1 nitrogen and oxygen atoms in total. The molecule has 25 heavy (non-hydrogen) atoms. The van der Waals surface area contributed by atoms with Crippen molar-refractivity contribution < 1.29 is 4.58 Å². The Labute approximate surface area is 165 Å². The van der Waals surface area contributed by atoms with Gasteiger partial charge >= 0.3 is 0 Å². The molecule has 2 heteroatoms. The van der Waals surface area contributed by atoms with Crippen molar-refractivity contribution >= 4 is 21.6 Å². The molecule has 0 atom stereocenters. The van der Waals surface area contributed by atoms with Gasteiger partial charge in [-0.1, -0.05) is 92.8 Å². The maximum Gasteiger partial charge on any atom is 0.179 e. The number of rotatable bonds is 14. The molecule has 0 heterocycles. The molecule has 0 fully saturated rings. The first kappa shape index (κ1) is 22.4. The van der Waals surface area contributed by atoms with Crippen LogP contribution in [-0.2, 0) is 6.42 Å². The number of unbranched alkanes of at least 4 members (excludes halogenated alkanes) is 9. The smallest absolute Gasteiger partial charge is 0.179 e. The van der Waals surface area contributed by atoms with Gasteiger partial charge in [0.05, 0.1) is 5.33 Å². The molecule has 0 bridgehead atoms. The fourth-order valence-electron chi connectivity index (χ4n) is 3.24. The molecule has 142 valence electrons. The van der Waals surface area contributed by atoms with Crippen molar-refractivity contribution in [2.75, 3.05) is 18.9 Å². The number of halogens is 1. The van der Waals surface area contributed by atoms with Gasteiger partial charge in [0, 0.05) is 12.5 Å². The number of hydrogen-bond acceptors (Lipinski definition) is 0. The van der Waals surface area contributed by atoms with E-state index in [1.807, 2.05) is 0 Å². The van der Waals surface area contributed by atoms with Gasteiger partial charge in [-0.05, 0) is 30.5 Å². The van der Waals surface area contributed by atoms with Gasteiger partial charge in [-0.2, -0.15) is 0 Å². The Morgan fingerprint density at radius 2 is 1.36 bits per heavy atom. The fourth-order valence-corrected chi connectivity index (χ4v) is 3.78. The van der Waals surface area contributed by atoms with Gasteiger partial charge in [0.2, 0.25) is 0 Å². The topological polar surface area (TPSA) is 3.01 Å². The Morgan fingerprint density at radius 1 is 0.840 bits per heavy atom. The molecule has 0 aliphatic heterocycles. The SMILES string of the molecule is CCCCCCCCCCCCc1ccc(C(C)=[N+](C)CCBr)cc1. The lowest BCUT2D eigenvalue weighted by atomic mass is 10.0. The highest BCUT2D eigenvalue weighted by atomic mass is 79.9. The molecule has 0 aromatic heterocycles. The lowest BCUT2D eigenvalue weighted by Crippen LogP contribution is -2.17. The summed E-state index contributed by atoms with van der Waals surface area (Å²) < 4.78 is 2.31. The highest BCUT2D eigenvalue weighted by Gasteiger charge is 2.07. The van der Waals surface area contributed by atoms with Crippen molar-refractivity contribution in [2.45, 2.75) is 84.5 Å². The molecule has 0 amide bonds. The first-order valence-corrected chi connectivity index (χ1v) is 11.5. The Kier molecular flexibility index (Phi) is 13.0. The van der Waals surface area contributed by atoms with E-state index in [-0.39, 0.29) is 0 Å². The molecule has 0 saturated carbocycles. The van der Waals surface area contributed by atoms with Gasteiger partial charge in [-0.25, -0.2) is 4.58 Å². The Bertz CT molecular complexity index is 475. The van der Waals surface area contributed by atoms with Crippen LogP contribution in [0.5, 0.6) is 0 Å². The van der Waals surface area contributed by atoms with Crippen molar-refractivity contribution in [3.8, 4) is 0 Å². The van der Waals surface area contributed by atoms with Crippen LogP contribution in [0.2, 0.25) is 0 Å². The average Bonchev–Trinajstić information content (AvgIpc) is 2.63. The van der Waals surface area contributed by atoms with E-state index in [0.717, 1.165) is 11.9 Å². The van der Waals surface area contributed by atoms with Crippen molar-refractivity contribution in [3.05, 3.63) is 35.4 Å². The number of alkyl halides is 1. The van der Waals surface area contributed by atoms with Crippen LogP contribution in [0.1, 0.15) is 89.2 Å². The van der Waals surface area contributed by atoms with Crippen molar-refractivity contribution in [1.29, 1.82) is 0 Å². The molecule has 0 aliphatic rings. The van der Waals surface area contributed by atoms with Crippen molar-refractivity contribution in [2.24, 2.45) is 0 Å². The maximum absolute atomic E-state index is 3.51. The molecule has 0 unspecified atom stereocenters. The van der Waals surface area contributed by atoms with Crippen molar-refractivity contribution in [3.63, 3.8) is 0 Å². The molecule has 0 saturated heterocycles. The van der Waals surface area contributed by atoms with Crippen LogP contribution in [-0.4, -0.2) is 29.2 Å². The van der Waals surface area contributed by atoms with E-state index < -0.39 is 0 Å². The van der Waals surface area contributed by atoms with Gasteiger partial charge in [0.15, 0.2) is 12.3 Å². The highest BCUT2D eigenvalue weighted by molar-refractivity contribution is 9.09. The Hall–Kier alpha value is -0.630. The zero-order chi connectivity index (χ0) is 18.3. The second-order valence-electron chi connectivity index (χ2n) is 7.32. The molecule has 0 spiro atoms. The second-order valence-corrected chi connectivity index (χ2v) is 8.12. The third-order valence-corrected chi connectivity index (χ3v) is 5.54. The largest absolute Gasteiger partial charge is 0.235 e. The minimum atomic E-state index is 1.01. The van der Waals surface area contributed by atoms with E-state index in [4.69, 9.17) is 0 Å². The average molecular weight is 409 g/mol. The lowest BCUT2D eigenvalue weighted by molar-refractivity contribution is -0.491. The van der Waals surface area contributed by atoms with E-state index in [1.165, 1.54) is 87.5 Å². The molecule has 0 aliphatic carbocycles. The number of aryl methyl sites for hydroxylation is 1. The van der Waals surface area contributed by atoms with Crippen LogP contribution >= 0.6 is 15.9 Å². The van der Waals surface area contributed by atoms with Gasteiger partial charge in [0.1, 0.15) is 7.05 Å². The second kappa shape index (κ2) is 14.5. The van der Waals surface area contributed by atoms with Crippen LogP contribution in [0.25, 0.3) is 0 Å². The molecule has 0 radical (unpaired) electrons. The van der Waals surface area contributed by atoms with Crippen LogP contribution in [0.4, 0.5) is 0 Å². The zero-order valence-electron chi connectivity index (χ0n) is 16.8. The Balaban J connectivity index is 2.17. The standard InChI is InChI=1S/C23H39BrN/c1-4-5-6-7-8-9-10-11-12-13-14-22-15-17-23(18-16-22)21(2)25(3)20-19-24/h15-18H,4-14,19-20H2,1-3H3/q+1. The minimum absolute atomic E-state index is 1.01. The van der Waals surface area contributed by atoms with Gasteiger partial charge in [0.25, 0.3) is 0 Å². The number of benzene rings is 1. The highest BCUT2D eigenvalue weighted by Crippen LogP contribution is 2.13. The predicted molar refractivity (Wildman–Crippen MR) is 117 cm³/mol. The normalized spacial score (nSPS) is 12.3. The number of nitrogens with zero attached hydrogens (tertiary/aromatic N) is 1. The van der Waals surface area contributed by atoms with E-state index in [2.05, 4.69) is 65.7 Å².